The van der Waals surface area contributed by atoms with E-state index in [-0.39, 0.29) is 0 Å². The van der Waals surface area contributed by atoms with Crippen LogP contribution in [-0.4, -0.2) is 30.6 Å². The Labute approximate surface area is 104 Å². The van der Waals surface area contributed by atoms with E-state index in [1.54, 1.807) is 6.26 Å². The average Bonchev–Trinajstić information content (AvgIpc) is 2.92. The van der Waals surface area contributed by atoms with E-state index in [2.05, 4.69) is 24.1 Å². The van der Waals surface area contributed by atoms with E-state index in [0.717, 1.165) is 25.4 Å². The zero-order chi connectivity index (χ0) is 12.1. The lowest BCUT2D eigenvalue weighted by molar-refractivity contribution is 0.223. The molecule has 3 nitrogen and oxygen atoms in total. The number of aryl methyl sites for hydroxylation is 1. The second-order valence-corrected chi connectivity index (χ2v) is 5.06. The maximum Gasteiger partial charge on any atom is 0.120 e. The highest BCUT2D eigenvalue weighted by Crippen LogP contribution is 2.14. The molecular weight excluding hydrogens is 212 g/mol. The first-order valence-corrected chi connectivity index (χ1v) is 6.78. The molecule has 0 spiro atoms. The topological polar surface area (TPSA) is 28.4 Å². The zero-order valence-electron chi connectivity index (χ0n) is 11.0. The van der Waals surface area contributed by atoms with Crippen molar-refractivity contribution < 1.29 is 4.42 Å². The minimum absolute atomic E-state index is 0.678. The lowest BCUT2D eigenvalue weighted by Crippen LogP contribution is -2.37. The van der Waals surface area contributed by atoms with E-state index in [4.69, 9.17) is 4.42 Å². The fourth-order valence-electron chi connectivity index (χ4n) is 2.54. The second kappa shape index (κ2) is 6.22. The summed E-state index contributed by atoms with van der Waals surface area (Å²) in [6.07, 6.45) is 5.64. The van der Waals surface area contributed by atoms with E-state index in [1.807, 2.05) is 6.07 Å². The van der Waals surface area contributed by atoms with Crippen LogP contribution < -0.4 is 5.32 Å². The van der Waals surface area contributed by atoms with Gasteiger partial charge in [0.1, 0.15) is 5.76 Å². The molecule has 0 radical (unpaired) electrons. The third-order valence-corrected chi connectivity index (χ3v) is 3.52. The van der Waals surface area contributed by atoms with Gasteiger partial charge in [0.15, 0.2) is 0 Å². The van der Waals surface area contributed by atoms with E-state index in [1.165, 1.54) is 31.4 Å². The number of hydrogen-bond acceptors (Lipinski definition) is 3. The van der Waals surface area contributed by atoms with Crippen molar-refractivity contribution >= 4 is 0 Å². The maximum atomic E-state index is 5.54. The maximum absolute atomic E-state index is 5.54. The Bertz CT molecular complexity index is 329. The first-order valence-electron chi connectivity index (χ1n) is 6.78. The summed E-state index contributed by atoms with van der Waals surface area (Å²) >= 11 is 0. The molecular formula is C14H24N2O. The zero-order valence-corrected chi connectivity index (χ0v) is 11.0. The van der Waals surface area contributed by atoms with Gasteiger partial charge < -0.3 is 9.73 Å². The van der Waals surface area contributed by atoms with Crippen LogP contribution in [0.2, 0.25) is 0 Å². The van der Waals surface area contributed by atoms with Crippen molar-refractivity contribution in [2.45, 2.75) is 45.7 Å². The van der Waals surface area contributed by atoms with Crippen LogP contribution in [0.4, 0.5) is 0 Å². The molecule has 0 amide bonds. The van der Waals surface area contributed by atoms with E-state index in [0.29, 0.717) is 6.04 Å². The van der Waals surface area contributed by atoms with Crippen molar-refractivity contribution in [1.29, 1.82) is 0 Å². The van der Waals surface area contributed by atoms with Gasteiger partial charge in [-0.1, -0.05) is 6.92 Å². The molecule has 1 N–H and O–H groups in total. The van der Waals surface area contributed by atoms with Gasteiger partial charge in [-0.05, 0) is 50.9 Å². The van der Waals surface area contributed by atoms with Crippen LogP contribution in [0.1, 0.15) is 37.5 Å². The van der Waals surface area contributed by atoms with Gasteiger partial charge in [0.05, 0.1) is 12.8 Å². The summed E-state index contributed by atoms with van der Waals surface area (Å²) in [5.41, 5.74) is 1.27. The highest BCUT2D eigenvalue weighted by atomic mass is 16.3. The third kappa shape index (κ3) is 3.58. The molecule has 2 rings (SSSR count). The SMILES string of the molecule is CCCN(Cc1occc1C)CC1CCCN1. The molecule has 1 aromatic rings. The van der Waals surface area contributed by atoms with E-state index < -0.39 is 0 Å². The standard InChI is InChI=1S/C14H24N2O/c1-3-8-16(10-13-5-4-7-15-13)11-14-12(2)6-9-17-14/h6,9,13,15H,3-5,7-8,10-11H2,1-2H3. The van der Waals surface area contributed by atoms with Crippen LogP contribution in [0.15, 0.2) is 16.7 Å². The number of hydrogen-bond donors (Lipinski definition) is 1. The molecule has 2 heterocycles. The molecule has 1 unspecified atom stereocenters. The van der Waals surface area contributed by atoms with Crippen LogP contribution in [0.3, 0.4) is 0 Å². The minimum Gasteiger partial charge on any atom is -0.468 e. The summed E-state index contributed by atoms with van der Waals surface area (Å²) in [6, 6.07) is 2.73. The normalized spacial score (nSPS) is 20.3. The van der Waals surface area contributed by atoms with Crippen molar-refractivity contribution in [3.63, 3.8) is 0 Å². The first-order chi connectivity index (χ1) is 8.29. The Hall–Kier alpha value is -0.800. The third-order valence-electron chi connectivity index (χ3n) is 3.52. The Morgan fingerprint density at radius 2 is 2.41 bits per heavy atom. The smallest absolute Gasteiger partial charge is 0.120 e. The Morgan fingerprint density at radius 3 is 3.00 bits per heavy atom. The number of rotatable bonds is 6. The van der Waals surface area contributed by atoms with Gasteiger partial charge in [-0.2, -0.15) is 0 Å². The van der Waals surface area contributed by atoms with E-state index in [9.17, 15) is 0 Å². The molecule has 3 heteroatoms. The monoisotopic (exact) mass is 236 g/mol. The molecule has 0 aromatic carbocycles. The Kier molecular flexibility index (Phi) is 4.63. The molecule has 0 bridgehead atoms. The van der Waals surface area contributed by atoms with Crippen molar-refractivity contribution in [2.75, 3.05) is 19.6 Å². The molecule has 17 heavy (non-hydrogen) atoms. The summed E-state index contributed by atoms with van der Waals surface area (Å²) in [5, 5.41) is 3.57. The largest absolute Gasteiger partial charge is 0.468 e. The highest BCUT2D eigenvalue weighted by molar-refractivity contribution is 5.14. The summed E-state index contributed by atoms with van der Waals surface area (Å²) < 4.78 is 5.54. The highest BCUT2D eigenvalue weighted by Gasteiger charge is 2.18. The molecule has 0 aliphatic carbocycles. The van der Waals surface area contributed by atoms with Crippen LogP contribution in [0, 0.1) is 6.92 Å². The van der Waals surface area contributed by atoms with Gasteiger partial charge in [-0.3, -0.25) is 4.90 Å². The van der Waals surface area contributed by atoms with E-state index >= 15 is 0 Å². The van der Waals surface area contributed by atoms with Gasteiger partial charge in [-0.15, -0.1) is 0 Å². The van der Waals surface area contributed by atoms with Crippen molar-refractivity contribution in [3.05, 3.63) is 23.7 Å². The average molecular weight is 236 g/mol. The van der Waals surface area contributed by atoms with Gasteiger partial charge in [0.25, 0.3) is 0 Å². The summed E-state index contributed by atoms with van der Waals surface area (Å²) in [5.74, 6) is 1.12. The van der Waals surface area contributed by atoms with Gasteiger partial charge in [-0.25, -0.2) is 0 Å². The lowest BCUT2D eigenvalue weighted by Gasteiger charge is -2.24. The van der Waals surface area contributed by atoms with Crippen molar-refractivity contribution in [1.82, 2.24) is 10.2 Å². The van der Waals surface area contributed by atoms with Gasteiger partial charge in [0, 0.05) is 12.6 Å². The first kappa shape index (κ1) is 12.7. The minimum atomic E-state index is 0.678. The van der Waals surface area contributed by atoms with Crippen LogP contribution in [0.25, 0.3) is 0 Å². The quantitative estimate of drug-likeness (QED) is 0.823. The molecule has 1 fully saturated rings. The number of nitrogens with zero attached hydrogens (tertiary/aromatic N) is 1. The molecule has 1 aromatic heterocycles. The fourth-order valence-corrected chi connectivity index (χ4v) is 2.54. The van der Waals surface area contributed by atoms with Crippen LogP contribution in [-0.2, 0) is 6.54 Å². The molecule has 0 saturated carbocycles. The summed E-state index contributed by atoms with van der Waals surface area (Å²) in [6.45, 7) is 8.79. The van der Waals surface area contributed by atoms with Gasteiger partial charge >= 0.3 is 0 Å². The lowest BCUT2D eigenvalue weighted by atomic mass is 10.2. The number of furan rings is 1. The van der Waals surface area contributed by atoms with Crippen molar-refractivity contribution in [3.8, 4) is 0 Å². The molecule has 1 aliphatic rings. The van der Waals surface area contributed by atoms with Crippen molar-refractivity contribution in [2.24, 2.45) is 0 Å². The fraction of sp³-hybridized carbons (Fsp3) is 0.714. The predicted octanol–water partition coefficient (Wildman–Crippen LogP) is 2.55. The molecule has 96 valence electrons. The second-order valence-electron chi connectivity index (χ2n) is 5.06. The Morgan fingerprint density at radius 1 is 1.53 bits per heavy atom. The Balaban J connectivity index is 1.89. The number of nitrogens with one attached hydrogen (secondary N) is 1. The molecule has 1 atom stereocenters. The molecule has 1 saturated heterocycles. The molecule has 1 aliphatic heterocycles. The predicted molar refractivity (Wildman–Crippen MR) is 70.0 cm³/mol. The van der Waals surface area contributed by atoms with Gasteiger partial charge in [0.2, 0.25) is 0 Å². The van der Waals surface area contributed by atoms with Crippen LogP contribution >= 0.6 is 0 Å². The summed E-state index contributed by atoms with van der Waals surface area (Å²) in [4.78, 5) is 2.51. The summed E-state index contributed by atoms with van der Waals surface area (Å²) in [7, 11) is 0. The van der Waals surface area contributed by atoms with Crippen LogP contribution in [0.5, 0.6) is 0 Å².